The van der Waals surface area contributed by atoms with Crippen molar-refractivity contribution in [1.29, 1.82) is 0 Å². The summed E-state index contributed by atoms with van der Waals surface area (Å²) >= 11 is 0. The SMILES string of the molecule is C#Cc1c(F)ccc2cc(O)cc(-n3c(C(F)(F)F)cc4cncnc4c3=O)c12. The number of nitrogens with zero attached hydrogens (tertiary/aromatic N) is 3. The molecule has 4 rings (SSSR count). The normalized spacial score (nSPS) is 11.7. The first-order chi connectivity index (χ1) is 13.7. The Hall–Kier alpha value is -3.93. The van der Waals surface area contributed by atoms with Gasteiger partial charge < -0.3 is 5.11 Å². The largest absolute Gasteiger partial charge is 0.508 e. The third-order valence-electron chi connectivity index (χ3n) is 4.39. The molecule has 29 heavy (non-hydrogen) atoms. The predicted octanol–water partition coefficient (Wildman–Crippen LogP) is 3.78. The van der Waals surface area contributed by atoms with E-state index in [2.05, 4.69) is 15.9 Å². The Bertz CT molecular complexity index is 1400. The molecule has 5 nitrogen and oxygen atoms in total. The van der Waals surface area contributed by atoms with Crippen LogP contribution in [0.15, 0.2) is 47.7 Å². The van der Waals surface area contributed by atoms with Crippen molar-refractivity contribution >= 4 is 21.7 Å². The minimum atomic E-state index is -4.95. The number of terminal acetylenes is 1. The summed E-state index contributed by atoms with van der Waals surface area (Å²) in [7, 11) is 0. The number of alkyl halides is 3. The molecule has 144 valence electrons. The molecule has 0 bridgehead atoms. The van der Waals surface area contributed by atoms with Gasteiger partial charge in [-0.15, -0.1) is 6.42 Å². The van der Waals surface area contributed by atoms with E-state index in [1.807, 2.05) is 0 Å². The van der Waals surface area contributed by atoms with E-state index in [1.54, 1.807) is 0 Å². The molecule has 0 aliphatic rings. The molecule has 2 aromatic carbocycles. The molecule has 1 N–H and O–H groups in total. The zero-order chi connectivity index (χ0) is 20.9. The van der Waals surface area contributed by atoms with Gasteiger partial charge >= 0.3 is 6.18 Å². The summed E-state index contributed by atoms with van der Waals surface area (Å²) in [5.74, 6) is 0.827. The Morgan fingerprint density at radius 1 is 1.14 bits per heavy atom. The van der Waals surface area contributed by atoms with Gasteiger partial charge in [-0.25, -0.2) is 14.4 Å². The van der Waals surface area contributed by atoms with Crippen LogP contribution in [0.1, 0.15) is 11.3 Å². The van der Waals surface area contributed by atoms with E-state index in [0.717, 1.165) is 24.7 Å². The summed E-state index contributed by atoms with van der Waals surface area (Å²) in [6, 6.07) is 5.12. The van der Waals surface area contributed by atoms with Gasteiger partial charge in [0.2, 0.25) is 0 Å². The maximum atomic E-state index is 14.3. The molecule has 0 unspecified atom stereocenters. The fourth-order valence-electron chi connectivity index (χ4n) is 3.22. The number of phenols is 1. The number of aromatic nitrogens is 3. The average Bonchev–Trinajstić information content (AvgIpc) is 2.67. The van der Waals surface area contributed by atoms with E-state index < -0.39 is 34.7 Å². The first-order valence-electron chi connectivity index (χ1n) is 8.07. The highest BCUT2D eigenvalue weighted by Gasteiger charge is 2.36. The summed E-state index contributed by atoms with van der Waals surface area (Å²) in [6.07, 6.45) is 2.52. The van der Waals surface area contributed by atoms with Crippen LogP contribution in [0.5, 0.6) is 5.75 Å². The molecule has 0 amide bonds. The van der Waals surface area contributed by atoms with Gasteiger partial charge in [0.15, 0.2) is 0 Å². The predicted molar refractivity (Wildman–Crippen MR) is 97.2 cm³/mol. The fraction of sp³-hybridized carbons (Fsp3) is 0.0500. The lowest BCUT2D eigenvalue weighted by Crippen LogP contribution is -2.27. The number of benzene rings is 2. The summed E-state index contributed by atoms with van der Waals surface area (Å²) in [5.41, 5.74) is -3.48. The molecular formula is C20H9F4N3O2. The second kappa shape index (κ2) is 6.31. The maximum absolute atomic E-state index is 14.3. The van der Waals surface area contributed by atoms with Crippen LogP contribution in [0, 0.1) is 18.2 Å². The van der Waals surface area contributed by atoms with Crippen LogP contribution in [0.4, 0.5) is 17.6 Å². The second-order valence-electron chi connectivity index (χ2n) is 6.12. The third-order valence-corrected chi connectivity index (χ3v) is 4.39. The lowest BCUT2D eigenvalue weighted by molar-refractivity contribution is -0.142. The third kappa shape index (κ3) is 2.86. The molecule has 0 aliphatic carbocycles. The molecule has 2 heterocycles. The molecule has 0 fully saturated rings. The Balaban J connectivity index is 2.29. The Kier molecular flexibility index (Phi) is 4.01. The Labute approximate surface area is 159 Å². The number of hydrogen-bond acceptors (Lipinski definition) is 4. The monoisotopic (exact) mass is 399 g/mol. The zero-order valence-corrected chi connectivity index (χ0v) is 14.3. The highest BCUT2D eigenvalue weighted by Crippen LogP contribution is 2.36. The molecule has 0 saturated carbocycles. The highest BCUT2D eigenvalue weighted by molar-refractivity contribution is 5.97. The van der Waals surface area contributed by atoms with Gasteiger partial charge in [-0.05, 0) is 23.6 Å². The lowest BCUT2D eigenvalue weighted by Gasteiger charge is -2.19. The smallest absolute Gasteiger partial charge is 0.431 e. The molecule has 0 saturated heterocycles. The Morgan fingerprint density at radius 2 is 1.90 bits per heavy atom. The van der Waals surface area contributed by atoms with Crippen LogP contribution >= 0.6 is 0 Å². The molecule has 0 radical (unpaired) electrons. The summed E-state index contributed by atoms with van der Waals surface area (Å²) < 4.78 is 56.1. The first-order valence-corrected chi connectivity index (χ1v) is 8.07. The highest BCUT2D eigenvalue weighted by atomic mass is 19.4. The summed E-state index contributed by atoms with van der Waals surface area (Å²) in [4.78, 5) is 20.4. The molecule has 0 aliphatic heterocycles. The fourth-order valence-corrected chi connectivity index (χ4v) is 3.22. The quantitative estimate of drug-likeness (QED) is 0.391. The van der Waals surface area contributed by atoms with Crippen molar-refractivity contribution in [3.05, 3.63) is 70.3 Å². The van der Waals surface area contributed by atoms with E-state index in [1.165, 1.54) is 12.1 Å². The van der Waals surface area contributed by atoms with Crippen LogP contribution in [-0.4, -0.2) is 19.6 Å². The van der Waals surface area contributed by atoms with Gasteiger partial charge in [-0.1, -0.05) is 12.0 Å². The number of halogens is 4. The van der Waals surface area contributed by atoms with Crippen molar-refractivity contribution < 1.29 is 22.7 Å². The lowest BCUT2D eigenvalue weighted by atomic mass is 10.0. The van der Waals surface area contributed by atoms with Crippen LogP contribution < -0.4 is 5.56 Å². The van der Waals surface area contributed by atoms with Crippen molar-refractivity contribution in [3.63, 3.8) is 0 Å². The summed E-state index contributed by atoms with van der Waals surface area (Å²) in [6.45, 7) is 0. The van der Waals surface area contributed by atoms with Crippen molar-refractivity contribution in [2.24, 2.45) is 0 Å². The summed E-state index contributed by atoms with van der Waals surface area (Å²) in [5, 5.41) is 9.96. The molecular weight excluding hydrogens is 390 g/mol. The van der Waals surface area contributed by atoms with Crippen LogP contribution in [0.2, 0.25) is 0 Å². The number of fused-ring (bicyclic) bond motifs is 2. The van der Waals surface area contributed by atoms with Gasteiger partial charge in [0, 0.05) is 23.0 Å². The van der Waals surface area contributed by atoms with E-state index in [-0.39, 0.29) is 27.2 Å². The molecule has 9 heteroatoms. The number of hydrogen-bond donors (Lipinski definition) is 1. The van der Waals surface area contributed by atoms with Crippen molar-refractivity contribution in [1.82, 2.24) is 14.5 Å². The number of aromatic hydroxyl groups is 1. The van der Waals surface area contributed by atoms with Gasteiger partial charge in [0.1, 0.15) is 29.1 Å². The van der Waals surface area contributed by atoms with E-state index in [0.29, 0.717) is 10.6 Å². The Morgan fingerprint density at radius 3 is 2.59 bits per heavy atom. The van der Waals surface area contributed by atoms with Gasteiger partial charge in [0.25, 0.3) is 5.56 Å². The van der Waals surface area contributed by atoms with Crippen molar-refractivity contribution in [3.8, 4) is 23.8 Å². The molecule has 2 aromatic heterocycles. The standard InChI is InChI=1S/C20H9F4N3O2/c1-2-13-14(21)4-3-10-5-12(28)7-15(17(10)13)27-16(20(22,23)24)6-11-8-25-9-26-18(11)19(27)29/h1,3-9,28H. The zero-order valence-electron chi connectivity index (χ0n) is 14.3. The van der Waals surface area contributed by atoms with Gasteiger partial charge in [-0.2, -0.15) is 13.2 Å². The number of rotatable bonds is 1. The minimum Gasteiger partial charge on any atom is -0.508 e. The molecule has 0 atom stereocenters. The van der Waals surface area contributed by atoms with Crippen molar-refractivity contribution in [2.75, 3.05) is 0 Å². The average molecular weight is 399 g/mol. The second-order valence-corrected chi connectivity index (χ2v) is 6.12. The van der Waals surface area contributed by atoms with Crippen LogP contribution in [-0.2, 0) is 6.18 Å². The van der Waals surface area contributed by atoms with E-state index in [4.69, 9.17) is 6.42 Å². The van der Waals surface area contributed by atoms with Gasteiger partial charge in [-0.3, -0.25) is 9.36 Å². The van der Waals surface area contributed by atoms with Crippen LogP contribution in [0.25, 0.3) is 27.4 Å². The minimum absolute atomic E-state index is 0.117. The molecule has 0 spiro atoms. The number of pyridine rings is 1. The maximum Gasteiger partial charge on any atom is 0.431 e. The number of phenolic OH excluding ortho intramolecular Hbond substituents is 1. The first kappa shape index (κ1) is 18.4. The molecule has 4 aromatic rings. The topological polar surface area (TPSA) is 68.0 Å². The van der Waals surface area contributed by atoms with E-state index in [9.17, 15) is 27.5 Å². The van der Waals surface area contributed by atoms with Gasteiger partial charge in [0.05, 0.1) is 11.3 Å². The van der Waals surface area contributed by atoms with E-state index >= 15 is 0 Å². The van der Waals surface area contributed by atoms with Crippen molar-refractivity contribution in [2.45, 2.75) is 6.18 Å². The van der Waals surface area contributed by atoms with Crippen LogP contribution in [0.3, 0.4) is 0 Å².